The summed E-state index contributed by atoms with van der Waals surface area (Å²) in [7, 11) is 2.03. The van der Waals surface area contributed by atoms with E-state index in [0.29, 0.717) is 5.92 Å². The van der Waals surface area contributed by atoms with Crippen LogP contribution >= 0.6 is 0 Å². The number of fused-ring (bicyclic) bond motifs is 1. The van der Waals surface area contributed by atoms with Crippen LogP contribution in [0.1, 0.15) is 45.7 Å². The Bertz CT molecular complexity index is 482. The second-order valence-corrected chi connectivity index (χ2v) is 7.43. The lowest BCUT2D eigenvalue weighted by Gasteiger charge is -2.53. The number of nitrogens with zero attached hydrogens (tertiary/aromatic N) is 3. The van der Waals surface area contributed by atoms with Crippen LogP contribution in [0.15, 0.2) is 12.5 Å². The molecule has 3 heterocycles. The number of likely N-dealkylation sites (tertiary alicyclic amines) is 1. The molecule has 0 N–H and O–H groups in total. The summed E-state index contributed by atoms with van der Waals surface area (Å²) in [5, 5.41) is 0. The van der Waals surface area contributed by atoms with Crippen molar-refractivity contribution in [2.24, 2.45) is 13.0 Å². The number of rotatable bonds is 2. The van der Waals surface area contributed by atoms with E-state index in [0.717, 1.165) is 26.1 Å². The molecule has 0 radical (unpaired) electrons. The van der Waals surface area contributed by atoms with E-state index in [1.54, 1.807) is 0 Å². The molecule has 0 spiro atoms. The predicted octanol–water partition coefficient (Wildman–Crippen LogP) is 2.59. The van der Waals surface area contributed by atoms with Crippen LogP contribution in [0.25, 0.3) is 0 Å². The van der Waals surface area contributed by atoms with Gasteiger partial charge in [-0.05, 0) is 40.0 Å². The SMILES string of the molecule is Cn1cnc(CN2CC[C@@]3(C)OC(C)(C)CC[C@H]3C2)c1. The molecule has 2 fully saturated rings. The topological polar surface area (TPSA) is 30.3 Å². The molecule has 4 nitrogen and oxygen atoms in total. The normalized spacial score (nSPS) is 33.9. The Morgan fingerprint density at radius 3 is 2.85 bits per heavy atom. The number of hydrogen-bond acceptors (Lipinski definition) is 3. The zero-order valence-corrected chi connectivity index (χ0v) is 13.2. The molecule has 2 atom stereocenters. The molecular formula is C16H27N3O. The Hall–Kier alpha value is -0.870. The molecule has 112 valence electrons. The van der Waals surface area contributed by atoms with Crippen molar-refractivity contribution in [2.45, 2.75) is 57.8 Å². The largest absolute Gasteiger partial charge is 0.369 e. The summed E-state index contributed by atoms with van der Waals surface area (Å²) >= 11 is 0. The van der Waals surface area contributed by atoms with Crippen LogP contribution in [-0.2, 0) is 18.3 Å². The smallest absolute Gasteiger partial charge is 0.0947 e. The lowest BCUT2D eigenvalue weighted by atomic mass is 9.74. The van der Waals surface area contributed by atoms with Gasteiger partial charge < -0.3 is 9.30 Å². The number of ether oxygens (including phenoxy) is 1. The second-order valence-electron chi connectivity index (χ2n) is 7.43. The maximum atomic E-state index is 6.42. The molecule has 0 amide bonds. The fraction of sp³-hybridized carbons (Fsp3) is 0.812. The van der Waals surface area contributed by atoms with Crippen molar-refractivity contribution in [3.8, 4) is 0 Å². The van der Waals surface area contributed by atoms with Gasteiger partial charge in [-0.3, -0.25) is 4.90 Å². The predicted molar refractivity (Wildman–Crippen MR) is 79.4 cm³/mol. The van der Waals surface area contributed by atoms with E-state index in [4.69, 9.17) is 4.74 Å². The summed E-state index contributed by atoms with van der Waals surface area (Å²) in [5.74, 6) is 0.660. The highest BCUT2D eigenvalue weighted by Crippen LogP contribution is 2.44. The summed E-state index contributed by atoms with van der Waals surface area (Å²) in [6.45, 7) is 10.00. The molecule has 2 saturated heterocycles. The van der Waals surface area contributed by atoms with Gasteiger partial charge in [0.05, 0.1) is 23.2 Å². The lowest BCUT2D eigenvalue weighted by Crippen LogP contribution is -2.57. The average Bonchev–Trinajstić information content (AvgIpc) is 2.74. The first-order chi connectivity index (χ1) is 9.36. The number of piperidine rings is 1. The summed E-state index contributed by atoms with van der Waals surface area (Å²) < 4.78 is 8.44. The zero-order chi connectivity index (χ0) is 14.4. The average molecular weight is 277 g/mol. The van der Waals surface area contributed by atoms with Crippen LogP contribution in [0.3, 0.4) is 0 Å². The summed E-state index contributed by atoms with van der Waals surface area (Å²) in [6.07, 6.45) is 7.59. The quantitative estimate of drug-likeness (QED) is 0.832. The van der Waals surface area contributed by atoms with Gasteiger partial charge in [0.2, 0.25) is 0 Å². The van der Waals surface area contributed by atoms with Crippen LogP contribution in [0.2, 0.25) is 0 Å². The van der Waals surface area contributed by atoms with Crippen LogP contribution in [-0.4, -0.2) is 38.7 Å². The third kappa shape index (κ3) is 2.77. The second kappa shape index (κ2) is 4.85. The van der Waals surface area contributed by atoms with E-state index in [9.17, 15) is 0 Å². The molecule has 0 unspecified atom stereocenters. The van der Waals surface area contributed by atoms with Gasteiger partial charge in [-0.25, -0.2) is 4.98 Å². The lowest BCUT2D eigenvalue weighted by molar-refractivity contribution is -0.214. The summed E-state index contributed by atoms with van der Waals surface area (Å²) in [6, 6.07) is 0. The molecule has 1 aromatic heterocycles. The van der Waals surface area contributed by atoms with Crippen molar-refractivity contribution in [3.63, 3.8) is 0 Å². The number of hydrogen-bond donors (Lipinski definition) is 0. The molecule has 0 aliphatic carbocycles. The fourth-order valence-corrected chi connectivity index (χ4v) is 3.84. The molecule has 0 bridgehead atoms. The Balaban J connectivity index is 1.64. The number of aromatic nitrogens is 2. The first-order valence-electron chi connectivity index (χ1n) is 7.76. The van der Waals surface area contributed by atoms with Crippen molar-refractivity contribution < 1.29 is 4.74 Å². The maximum absolute atomic E-state index is 6.42. The third-order valence-corrected chi connectivity index (χ3v) is 5.01. The Labute approximate surface area is 122 Å². The number of imidazole rings is 1. The van der Waals surface area contributed by atoms with Gasteiger partial charge in [-0.1, -0.05) is 0 Å². The Morgan fingerprint density at radius 2 is 2.15 bits per heavy atom. The molecular weight excluding hydrogens is 250 g/mol. The van der Waals surface area contributed by atoms with Crippen molar-refractivity contribution >= 4 is 0 Å². The van der Waals surface area contributed by atoms with Crippen LogP contribution in [0, 0.1) is 5.92 Å². The highest BCUT2D eigenvalue weighted by atomic mass is 16.5. The molecule has 0 aromatic carbocycles. The van der Waals surface area contributed by atoms with Crippen molar-refractivity contribution in [1.82, 2.24) is 14.5 Å². The Morgan fingerprint density at radius 1 is 1.35 bits per heavy atom. The van der Waals surface area contributed by atoms with E-state index in [1.165, 1.54) is 18.5 Å². The van der Waals surface area contributed by atoms with Gasteiger partial charge in [-0.2, -0.15) is 0 Å². The first-order valence-corrected chi connectivity index (χ1v) is 7.76. The van der Waals surface area contributed by atoms with Gasteiger partial charge in [0.25, 0.3) is 0 Å². The first kappa shape index (κ1) is 14.1. The van der Waals surface area contributed by atoms with E-state index in [2.05, 4.69) is 36.9 Å². The van der Waals surface area contributed by atoms with Gasteiger partial charge in [0.15, 0.2) is 0 Å². The van der Waals surface area contributed by atoms with Crippen molar-refractivity contribution in [2.75, 3.05) is 13.1 Å². The minimum Gasteiger partial charge on any atom is -0.369 e. The molecule has 4 heteroatoms. The standard InChI is InChI=1S/C16H27N3O/c1-15(2)6-5-13-9-19(8-7-16(13,3)20-15)11-14-10-18(4)12-17-14/h10,12-13H,5-9,11H2,1-4H3/t13-,16+/m0/s1. The fourth-order valence-electron chi connectivity index (χ4n) is 3.84. The van der Waals surface area contributed by atoms with Crippen LogP contribution in [0.4, 0.5) is 0 Å². The van der Waals surface area contributed by atoms with Crippen LogP contribution in [0.5, 0.6) is 0 Å². The minimum atomic E-state index is 0.0500. The number of aryl methyl sites for hydroxylation is 1. The van der Waals surface area contributed by atoms with E-state index in [-0.39, 0.29) is 11.2 Å². The van der Waals surface area contributed by atoms with E-state index in [1.807, 2.05) is 17.9 Å². The third-order valence-electron chi connectivity index (χ3n) is 5.01. The molecule has 1 aromatic rings. The summed E-state index contributed by atoms with van der Waals surface area (Å²) in [4.78, 5) is 6.98. The molecule has 2 aliphatic rings. The van der Waals surface area contributed by atoms with Gasteiger partial charge in [-0.15, -0.1) is 0 Å². The summed E-state index contributed by atoms with van der Waals surface area (Å²) in [5.41, 5.74) is 1.30. The Kier molecular flexibility index (Phi) is 3.41. The highest BCUT2D eigenvalue weighted by molar-refractivity contribution is 5.01. The van der Waals surface area contributed by atoms with Gasteiger partial charge in [0, 0.05) is 38.8 Å². The molecule has 0 saturated carbocycles. The molecule has 3 rings (SSSR count). The van der Waals surface area contributed by atoms with Crippen LogP contribution < -0.4 is 0 Å². The maximum Gasteiger partial charge on any atom is 0.0947 e. The molecule has 20 heavy (non-hydrogen) atoms. The van der Waals surface area contributed by atoms with E-state index < -0.39 is 0 Å². The zero-order valence-electron chi connectivity index (χ0n) is 13.2. The minimum absolute atomic E-state index is 0.0500. The monoisotopic (exact) mass is 277 g/mol. The molecule has 2 aliphatic heterocycles. The van der Waals surface area contributed by atoms with E-state index >= 15 is 0 Å². The van der Waals surface area contributed by atoms with Crippen molar-refractivity contribution in [1.29, 1.82) is 0 Å². The van der Waals surface area contributed by atoms with Gasteiger partial charge >= 0.3 is 0 Å². The highest BCUT2D eigenvalue weighted by Gasteiger charge is 2.47. The van der Waals surface area contributed by atoms with Gasteiger partial charge in [0.1, 0.15) is 0 Å². The van der Waals surface area contributed by atoms with Crippen molar-refractivity contribution in [3.05, 3.63) is 18.2 Å².